The molecule has 0 aliphatic rings. The third kappa shape index (κ3) is 7.42. The van der Waals surface area contributed by atoms with E-state index in [9.17, 15) is 14.4 Å². The molecule has 0 unspecified atom stereocenters. The second kappa shape index (κ2) is 12.3. The summed E-state index contributed by atoms with van der Waals surface area (Å²) in [5.41, 5.74) is 2.33. The van der Waals surface area contributed by atoms with Crippen LogP contribution in [-0.4, -0.2) is 62.5 Å². The number of amides is 3. The normalized spacial score (nSPS) is 10.3. The first-order valence-corrected chi connectivity index (χ1v) is 10.3. The molecule has 3 N–H and O–H groups in total. The number of carbonyl (C=O) groups excluding carboxylic acids is 3. The van der Waals surface area contributed by atoms with Gasteiger partial charge in [-0.2, -0.15) is 0 Å². The molecule has 8 heteroatoms. The summed E-state index contributed by atoms with van der Waals surface area (Å²) in [5, 5.41) is 8.53. The van der Waals surface area contributed by atoms with E-state index in [1.807, 2.05) is 13.8 Å². The highest BCUT2D eigenvalue weighted by Crippen LogP contribution is 2.13. The van der Waals surface area contributed by atoms with Crippen LogP contribution >= 0.6 is 0 Å². The Bertz CT molecular complexity index is 879. The van der Waals surface area contributed by atoms with Crippen LogP contribution in [0.2, 0.25) is 0 Å². The van der Waals surface area contributed by atoms with Crippen molar-refractivity contribution in [2.24, 2.45) is 0 Å². The molecule has 0 saturated carbocycles. The van der Waals surface area contributed by atoms with Gasteiger partial charge in [-0.3, -0.25) is 14.4 Å². The van der Waals surface area contributed by atoms with Crippen LogP contribution < -0.4 is 16.0 Å². The molecular weight excluding hydrogens is 396 g/mol. The maximum absolute atomic E-state index is 12.3. The van der Waals surface area contributed by atoms with Gasteiger partial charge in [-0.15, -0.1) is 0 Å². The van der Waals surface area contributed by atoms with Gasteiger partial charge in [0.25, 0.3) is 11.8 Å². The molecule has 31 heavy (non-hydrogen) atoms. The second-order valence-corrected chi connectivity index (χ2v) is 6.79. The minimum Gasteiger partial charge on any atom is -0.383 e. The van der Waals surface area contributed by atoms with Gasteiger partial charge in [-0.1, -0.05) is 6.07 Å². The number of nitrogens with one attached hydrogen (secondary N) is 3. The van der Waals surface area contributed by atoms with E-state index in [0.29, 0.717) is 43.1 Å². The SMILES string of the molecule is CCN(CC)C(=O)c1ccc(NCC(=O)Nc2cccc(C(=O)NCCOC)c2)cc1. The summed E-state index contributed by atoms with van der Waals surface area (Å²) < 4.78 is 4.91. The molecule has 166 valence electrons. The predicted molar refractivity (Wildman–Crippen MR) is 121 cm³/mol. The highest BCUT2D eigenvalue weighted by molar-refractivity contribution is 5.98. The number of rotatable bonds is 11. The van der Waals surface area contributed by atoms with E-state index in [4.69, 9.17) is 4.74 Å². The van der Waals surface area contributed by atoms with Crippen LogP contribution in [-0.2, 0) is 9.53 Å². The second-order valence-electron chi connectivity index (χ2n) is 6.79. The maximum atomic E-state index is 12.3. The van der Waals surface area contributed by atoms with Crippen LogP contribution in [0.15, 0.2) is 48.5 Å². The first-order chi connectivity index (χ1) is 15.0. The fourth-order valence-corrected chi connectivity index (χ4v) is 2.92. The van der Waals surface area contributed by atoms with E-state index in [-0.39, 0.29) is 24.3 Å². The number of anilines is 2. The molecule has 0 radical (unpaired) electrons. The van der Waals surface area contributed by atoms with Gasteiger partial charge in [-0.25, -0.2) is 0 Å². The number of methoxy groups -OCH3 is 1. The summed E-state index contributed by atoms with van der Waals surface area (Å²) in [4.78, 5) is 38.5. The molecule has 8 nitrogen and oxygen atoms in total. The van der Waals surface area contributed by atoms with Crippen LogP contribution in [0.3, 0.4) is 0 Å². The fraction of sp³-hybridized carbons (Fsp3) is 0.348. The van der Waals surface area contributed by atoms with Gasteiger partial charge >= 0.3 is 0 Å². The molecule has 0 aromatic heterocycles. The summed E-state index contributed by atoms with van der Waals surface area (Å²) in [6.45, 7) is 6.09. The average molecular weight is 427 g/mol. The topological polar surface area (TPSA) is 99.8 Å². The zero-order chi connectivity index (χ0) is 22.6. The first kappa shape index (κ1) is 23.9. The lowest BCUT2D eigenvalue weighted by molar-refractivity contribution is -0.114. The molecule has 2 rings (SSSR count). The van der Waals surface area contributed by atoms with Gasteiger partial charge in [0.15, 0.2) is 0 Å². The van der Waals surface area contributed by atoms with Gasteiger partial charge in [0.1, 0.15) is 0 Å². The van der Waals surface area contributed by atoms with E-state index in [1.54, 1.807) is 60.5 Å². The van der Waals surface area contributed by atoms with Crippen molar-refractivity contribution in [3.05, 3.63) is 59.7 Å². The van der Waals surface area contributed by atoms with Crippen molar-refractivity contribution in [3.8, 4) is 0 Å². The molecule has 3 amide bonds. The van der Waals surface area contributed by atoms with Crippen molar-refractivity contribution < 1.29 is 19.1 Å². The van der Waals surface area contributed by atoms with Crippen LogP contribution in [0.25, 0.3) is 0 Å². The highest BCUT2D eigenvalue weighted by atomic mass is 16.5. The van der Waals surface area contributed by atoms with Crippen LogP contribution in [0.1, 0.15) is 34.6 Å². The third-order valence-corrected chi connectivity index (χ3v) is 4.64. The lowest BCUT2D eigenvalue weighted by atomic mass is 10.1. The number of benzene rings is 2. The van der Waals surface area contributed by atoms with Gasteiger partial charge in [0.05, 0.1) is 13.2 Å². The first-order valence-electron chi connectivity index (χ1n) is 10.3. The molecule has 2 aromatic carbocycles. The Balaban J connectivity index is 1.87. The summed E-state index contributed by atoms with van der Waals surface area (Å²) in [6, 6.07) is 13.8. The van der Waals surface area contributed by atoms with Crippen molar-refractivity contribution in [3.63, 3.8) is 0 Å². The smallest absolute Gasteiger partial charge is 0.253 e. The van der Waals surface area contributed by atoms with Crippen molar-refractivity contribution in [1.29, 1.82) is 0 Å². The van der Waals surface area contributed by atoms with Crippen LogP contribution in [0, 0.1) is 0 Å². The molecular formula is C23H30N4O4. The highest BCUT2D eigenvalue weighted by Gasteiger charge is 2.12. The quantitative estimate of drug-likeness (QED) is 0.480. The van der Waals surface area contributed by atoms with E-state index in [0.717, 1.165) is 5.69 Å². The monoisotopic (exact) mass is 426 g/mol. The Morgan fingerprint density at radius 1 is 0.935 bits per heavy atom. The number of hydrogen-bond donors (Lipinski definition) is 3. The Hall–Kier alpha value is -3.39. The molecule has 0 bridgehead atoms. The maximum Gasteiger partial charge on any atom is 0.253 e. The van der Waals surface area contributed by atoms with Gasteiger partial charge < -0.3 is 25.6 Å². The summed E-state index contributed by atoms with van der Waals surface area (Å²) >= 11 is 0. The van der Waals surface area contributed by atoms with Gasteiger partial charge in [0.2, 0.25) is 5.91 Å². The Kier molecular flexibility index (Phi) is 9.51. The molecule has 0 fully saturated rings. The minimum atomic E-state index is -0.250. The zero-order valence-electron chi connectivity index (χ0n) is 18.2. The van der Waals surface area contributed by atoms with Crippen molar-refractivity contribution in [2.75, 3.05) is 50.5 Å². The largest absolute Gasteiger partial charge is 0.383 e. The van der Waals surface area contributed by atoms with E-state index < -0.39 is 0 Å². The average Bonchev–Trinajstić information content (AvgIpc) is 2.79. The number of hydrogen-bond acceptors (Lipinski definition) is 5. The van der Waals surface area contributed by atoms with Crippen molar-refractivity contribution in [1.82, 2.24) is 10.2 Å². The summed E-state index contributed by atoms with van der Waals surface area (Å²) in [5.74, 6) is -0.494. The minimum absolute atomic E-state index is 0.0135. The third-order valence-electron chi connectivity index (χ3n) is 4.64. The molecule has 0 saturated heterocycles. The molecule has 0 aliphatic carbocycles. The van der Waals surface area contributed by atoms with Crippen molar-refractivity contribution in [2.45, 2.75) is 13.8 Å². The van der Waals surface area contributed by atoms with Crippen LogP contribution in [0.5, 0.6) is 0 Å². The number of ether oxygens (including phenoxy) is 1. The number of carbonyl (C=O) groups is 3. The molecule has 0 heterocycles. The molecule has 2 aromatic rings. The summed E-state index contributed by atoms with van der Waals surface area (Å²) in [6.07, 6.45) is 0. The standard InChI is InChI=1S/C23H30N4O4/c1-4-27(5-2)23(30)17-9-11-19(12-10-17)25-16-21(28)26-20-8-6-7-18(15-20)22(29)24-13-14-31-3/h6-12,15,25H,4-5,13-14,16H2,1-3H3,(H,24,29)(H,26,28). The Morgan fingerprint density at radius 2 is 1.65 bits per heavy atom. The van der Waals surface area contributed by atoms with E-state index in [2.05, 4.69) is 16.0 Å². The summed E-state index contributed by atoms with van der Waals surface area (Å²) in [7, 11) is 1.57. The molecule has 0 atom stereocenters. The van der Waals surface area contributed by atoms with E-state index >= 15 is 0 Å². The molecule has 0 aliphatic heterocycles. The van der Waals surface area contributed by atoms with Crippen molar-refractivity contribution >= 4 is 29.1 Å². The van der Waals surface area contributed by atoms with E-state index in [1.165, 1.54) is 0 Å². The Labute approximate surface area is 183 Å². The lowest BCUT2D eigenvalue weighted by Crippen LogP contribution is -2.30. The lowest BCUT2D eigenvalue weighted by Gasteiger charge is -2.18. The van der Waals surface area contributed by atoms with Crippen LogP contribution in [0.4, 0.5) is 11.4 Å². The van der Waals surface area contributed by atoms with Gasteiger partial charge in [0, 0.05) is 49.2 Å². The fourth-order valence-electron chi connectivity index (χ4n) is 2.92. The predicted octanol–water partition coefficient (Wildman–Crippen LogP) is 2.60. The Morgan fingerprint density at radius 3 is 2.29 bits per heavy atom. The zero-order valence-corrected chi connectivity index (χ0v) is 18.2. The molecule has 0 spiro atoms. The number of nitrogens with zero attached hydrogens (tertiary/aromatic N) is 1. The van der Waals surface area contributed by atoms with Gasteiger partial charge in [-0.05, 0) is 56.3 Å².